The Labute approximate surface area is 73.0 Å². The minimum atomic E-state index is 1.17. The average Bonchev–Trinajstić information content (AvgIpc) is 1.93. The van der Waals surface area contributed by atoms with Gasteiger partial charge in [-0.25, -0.2) is 0 Å². The second-order valence-corrected chi connectivity index (χ2v) is 2.10. The Bertz CT molecular complexity index is 74.0. The molecule has 0 spiro atoms. The quantitative estimate of drug-likeness (QED) is 0.487. The van der Waals surface area contributed by atoms with E-state index in [1.54, 1.807) is 6.08 Å². The highest BCUT2D eigenvalue weighted by atomic mass is 13.7. The Balaban J connectivity index is -0.000000109. The Hall–Kier alpha value is -0.520. The highest BCUT2D eigenvalue weighted by Gasteiger charge is 1.67. The lowest BCUT2D eigenvalue weighted by Crippen LogP contribution is -1.58. The molecule has 0 fully saturated rings. The number of hydrogen-bond acceptors (Lipinski definition) is 0. The summed E-state index contributed by atoms with van der Waals surface area (Å²) in [4.78, 5) is 0. The lowest BCUT2D eigenvalue weighted by molar-refractivity contribution is 1.18. The predicted octanol–water partition coefficient (Wildman–Crippen LogP) is 4.58. The highest BCUT2D eigenvalue weighted by molar-refractivity contribution is 4.91. The molecule has 11 heavy (non-hydrogen) atoms. The van der Waals surface area contributed by atoms with E-state index in [-0.39, 0.29) is 0 Å². The summed E-state index contributed by atoms with van der Waals surface area (Å²) in [7, 11) is 0. The molecule has 0 aliphatic heterocycles. The van der Waals surface area contributed by atoms with Crippen LogP contribution in [0.4, 0.5) is 0 Å². The van der Waals surface area contributed by atoms with Crippen molar-refractivity contribution in [3.63, 3.8) is 0 Å². The van der Waals surface area contributed by atoms with Gasteiger partial charge in [-0.15, -0.1) is 6.58 Å². The summed E-state index contributed by atoms with van der Waals surface area (Å²) in [6.45, 7) is 15.6. The molecule has 0 saturated carbocycles. The van der Waals surface area contributed by atoms with E-state index in [9.17, 15) is 0 Å². The fourth-order valence-corrected chi connectivity index (χ4v) is 0.408. The van der Waals surface area contributed by atoms with Gasteiger partial charge in [0.2, 0.25) is 0 Å². The summed E-state index contributed by atoms with van der Waals surface area (Å²) < 4.78 is 0. The first-order valence-corrected chi connectivity index (χ1v) is 4.39. The molecule has 0 nitrogen and oxygen atoms in total. The zero-order valence-electron chi connectivity index (χ0n) is 9.07. The van der Waals surface area contributed by atoms with Crippen LogP contribution in [-0.2, 0) is 0 Å². The van der Waals surface area contributed by atoms with Crippen LogP contribution < -0.4 is 0 Å². The van der Waals surface area contributed by atoms with E-state index in [1.165, 1.54) is 12.0 Å². The lowest BCUT2D eigenvalue weighted by Gasteiger charge is -1.80. The number of hydrogen-bond donors (Lipinski definition) is 0. The van der Waals surface area contributed by atoms with Gasteiger partial charge >= 0.3 is 0 Å². The summed E-state index contributed by atoms with van der Waals surface area (Å²) in [5, 5.41) is 0. The van der Waals surface area contributed by atoms with Crippen molar-refractivity contribution in [2.24, 2.45) is 0 Å². The van der Waals surface area contributed by atoms with Crippen LogP contribution >= 0.6 is 0 Å². The molecular formula is C11H24. The molecule has 68 valence electrons. The van der Waals surface area contributed by atoms with Crippen molar-refractivity contribution in [2.75, 3.05) is 0 Å². The topological polar surface area (TPSA) is 0 Å². The normalized spacial score (nSPS) is 6.00. The van der Waals surface area contributed by atoms with Crippen LogP contribution in [0, 0.1) is 0 Å². The van der Waals surface area contributed by atoms with E-state index >= 15 is 0 Å². The van der Waals surface area contributed by atoms with E-state index in [4.69, 9.17) is 0 Å². The van der Waals surface area contributed by atoms with Crippen LogP contribution in [-0.4, -0.2) is 0 Å². The van der Waals surface area contributed by atoms with Gasteiger partial charge in [-0.2, -0.15) is 0 Å². The zero-order chi connectivity index (χ0) is 9.70. The molecule has 0 aromatic heterocycles. The maximum absolute atomic E-state index is 3.36. The van der Waals surface area contributed by atoms with Crippen molar-refractivity contribution in [3.8, 4) is 0 Å². The van der Waals surface area contributed by atoms with Gasteiger partial charge in [0.25, 0.3) is 0 Å². The molecule has 0 amide bonds. The van der Waals surface area contributed by atoms with Gasteiger partial charge in [0.15, 0.2) is 0 Å². The molecular weight excluding hydrogens is 132 g/mol. The minimum absolute atomic E-state index is 1.17. The van der Waals surface area contributed by atoms with Crippen LogP contribution in [0.5, 0.6) is 0 Å². The van der Waals surface area contributed by atoms with E-state index in [0.29, 0.717) is 0 Å². The second-order valence-electron chi connectivity index (χ2n) is 2.10. The summed E-state index contributed by atoms with van der Waals surface area (Å²) in [6, 6.07) is 0. The lowest BCUT2D eigenvalue weighted by atomic mass is 10.3. The van der Waals surface area contributed by atoms with E-state index < -0.39 is 0 Å². The van der Waals surface area contributed by atoms with Gasteiger partial charge in [0, 0.05) is 0 Å². The zero-order valence-corrected chi connectivity index (χ0v) is 9.07. The third-order valence-corrected chi connectivity index (χ3v) is 0.612. The molecule has 0 unspecified atom stereocenters. The molecule has 0 saturated heterocycles. The fourth-order valence-electron chi connectivity index (χ4n) is 0.408. The van der Waals surface area contributed by atoms with Crippen LogP contribution in [0.3, 0.4) is 0 Å². The SMILES string of the molecule is C=CC.CC.CCC=C(C)C. The molecule has 0 bridgehead atoms. The first-order valence-electron chi connectivity index (χ1n) is 4.39. The predicted molar refractivity (Wildman–Crippen MR) is 56.9 cm³/mol. The summed E-state index contributed by atoms with van der Waals surface area (Å²) in [5.74, 6) is 0. The number of rotatable bonds is 1. The van der Waals surface area contributed by atoms with Gasteiger partial charge in [-0.3, -0.25) is 0 Å². The Morgan fingerprint density at radius 2 is 1.55 bits per heavy atom. The number of allylic oxidation sites excluding steroid dienone is 3. The standard InChI is InChI=1S/C6H12.C3H6.C2H6/c1-4-5-6(2)3;1-3-2;1-2/h5H,4H2,1-3H3;3H,1H2,2H3;1-2H3. The molecule has 0 aromatic carbocycles. The van der Waals surface area contributed by atoms with Crippen LogP contribution in [0.1, 0.15) is 48.0 Å². The second kappa shape index (κ2) is 22.7. The first kappa shape index (κ1) is 16.8. The van der Waals surface area contributed by atoms with Crippen molar-refractivity contribution < 1.29 is 0 Å². The molecule has 0 heterocycles. The molecule has 0 aliphatic carbocycles. The van der Waals surface area contributed by atoms with Crippen LogP contribution in [0.15, 0.2) is 24.3 Å². The molecule has 0 atom stereocenters. The molecule has 0 aromatic rings. The van der Waals surface area contributed by atoms with Gasteiger partial charge in [-0.05, 0) is 27.2 Å². The van der Waals surface area contributed by atoms with Crippen molar-refractivity contribution in [3.05, 3.63) is 24.3 Å². The minimum Gasteiger partial charge on any atom is -0.103 e. The summed E-state index contributed by atoms with van der Waals surface area (Å²) >= 11 is 0. The Morgan fingerprint density at radius 1 is 1.27 bits per heavy atom. The third kappa shape index (κ3) is 86.2. The fraction of sp³-hybridized carbons (Fsp3) is 0.636. The van der Waals surface area contributed by atoms with Crippen molar-refractivity contribution in [1.29, 1.82) is 0 Å². The van der Waals surface area contributed by atoms with Gasteiger partial charge in [0.05, 0.1) is 0 Å². The largest absolute Gasteiger partial charge is 0.103 e. The van der Waals surface area contributed by atoms with Crippen molar-refractivity contribution in [2.45, 2.75) is 48.0 Å². The van der Waals surface area contributed by atoms with Crippen molar-refractivity contribution in [1.82, 2.24) is 0 Å². The van der Waals surface area contributed by atoms with Crippen molar-refractivity contribution >= 4 is 0 Å². The van der Waals surface area contributed by atoms with Gasteiger partial charge in [0.1, 0.15) is 0 Å². The smallest absolute Gasteiger partial charge is 0.0377 e. The summed E-state index contributed by atoms with van der Waals surface area (Å²) in [5.41, 5.74) is 1.41. The maximum atomic E-state index is 3.36. The molecule has 0 aliphatic rings. The first-order chi connectivity index (χ1) is 5.18. The van der Waals surface area contributed by atoms with E-state index in [0.717, 1.165) is 0 Å². The van der Waals surface area contributed by atoms with E-state index in [2.05, 4.69) is 33.4 Å². The molecule has 0 N–H and O–H groups in total. The molecule has 0 radical (unpaired) electrons. The average molecular weight is 156 g/mol. The summed E-state index contributed by atoms with van der Waals surface area (Å²) in [6.07, 6.45) is 5.13. The molecule has 0 heteroatoms. The van der Waals surface area contributed by atoms with Crippen LogP contribution in [0.25, 0.3) is 0 Å². The van der Waals surface area contributed by atoms with Crippen LogP contribution in [0.2, 0.25) is 0 Å². The van der Waals surface area contributed by atoms with Gasteiger partial charge < -0.3 is 0 Å². The van der Waals surface area contributed by atoms with Gasteiger partial charge in [-0.1, -0.05) is 38.5 Å². The third-order valence-electron chi connectivity index (χ3n) is 0.612. The monoisotopic (exact) mass is 156 g/mol. The molecule has 0 rings (SSSR count). The highest BCUT2D eigenvalue weighted by Crippen LogP contribution is 1.88. The Kier molecular flexibility index (Phi) is 34.7. The Morgan fingerprint density at radius 3 is 1.55 bits per heavy atom. The maximum Gasteiger partial charge on any atom is -0.0377 e. The van der Waals surface area contributed by atoms with E-state index in [1.807, 2.05) is 20.8 Å².